The highest BCUT2D eigenvalue weighted by atomic mass is 32.1. The SMILES string of the molecule is c1ccc2c(c1)oc1cc3c(cc12)c1ccccc1n3-c1ccc2oc3c(-c4cccc5sc6ccccc6c45)cccc3c2c1.c1ccc2c(c1)oc1ccc3c(c4ccccc4n3-c3ccc4oc5c(-c6cccc7sc8ccccc8c67)cccc5c4c3)c12. The topological polar surface area (TPSA) is 62.4 Å². The standard InChI is InChI=1S/2C42H23NO2S/c1-4-15-32-28(9-1)40-33(20-22-36-41(40)29-10-2-5-16-34(29)44-36)43(32)24-19-21-35-31(23-24)27-14-7-13-26(42(27)45-35)25-12-8-18-38-39(25)30-11-3-6-17-37(30)46-38;1-4-15-34-25(9-1)31-22-33-26-10-2-5-16-36(26)44-38(33)23-35(31)43(34)24-19-20-37-32(21-24)29-14-7-13-28(42(29)45-37)27-12-8-18-40-41(27)30-11-3-6-17-39(30)46-40/h2*1-23H. The van der Waals surface area contributed by atoms with Crippen molar-refractivity contribution in [1.29, 1.82) is 0 Å². The maximum Gasteiger partial charge on any atom is 0.143 e. The first kappa shape index (κ1) is 50.2. The van der Waals surface area contributed by atoms with E-state index >= 15 is 0 Å². The number of fused-ring (bicyclic) bond motifs is 25. The largest absolute Gasteiger partial charge is 0.456 e. The second kappa shape index (κ2) is 18.9. The fourth-order valence-corrected chi connectivity index (χ4v) is 17.6. The molecule has 0 saturated heterocycles. The summed E-state index contributed by atoms with van der Waals surface area (Å²) in [5.41, 5.74) is 18.7. The van der Waals surface area contributed by atoms with Crippen LogP contribution in [0.3, 0.4) is 0 Å². The lowest BCUT2D eigenvalue weighted by atomic mass is 9.97. The molecule has 0 aliphatic heterocycles. The number of aromatic nitrogens is 2. The minimum absolute atomic E-state index is 0.883. The summed E-state index contributed by atoms with van der Waals surface area (Å²) in [5.74, 6) is 0. The van der Waals surface area contributed by atoms with E-state index in [2.05, 4.69) is 264 Å². The lowest BCUT2D eigenvalue weighted by Crippen LogP contribution is -1.93. The zero-order chi connectivity index (χ0) is 59.9. The third kappa shape index (κ3) is 7.07. The van der Waals surface area contributed by atoms with Crippen LogP contribution in [0.1, 0.15) is 0 Å². The van der Waals surface area contributed by atoms with Crippen molar-refractivity contribution in [3.05, 3.63) is 279 Å². The Morgan fingerprint density at radius 2 is 0.641 bits per heavy atom. The Bertz CT molecular complexity index is 6910. The molecule has 0 N–H and O–H groups in total. The van der Waals surface area contributed by atoms with Gasteiger partial charge in [0.2, 0.25) is 0 Å². The lowest BCUT2D eigenvalue weighted by Gasteiger charge is -2.08. The predicted molar refractivity (Wildman–Crippen MR) is 387 cm³/mol. The van der Waals surface area contributed by atoms with Gasteiger partial charge in [-0.2, -0.15) is 0 Å². The molecule has 0 bridgehead atoms. The predicted octanol–water partition coefficient (Wildman–Crippen LogP) is 25.2. The molecular weight excluding hydrogens is 1170 g/mol. The molecule has 8 heteroatoms. The Morgan fingerprint density at radius 1 is 0.207 bits per heavy atom. The molecule has 6 nitrogen and oxygen atoms in total. The molecule has 0 atom stereocenters. The second-order valence-corrected chi connectivity index (χ2v) is 26.3. The number of para-hydroxylation sites is 6. The van der Waals surface area contributed by atoms with Crippen molar-refractivity contribution in [2.24, 2.45) is 0 Å². The van der Waals surface area contributed by atoms with Crippen LogP contribution in [0, 0.1) is 0 Å². The Labute approximate surface area is 530 Å². The molecule has 0 radical (unpaired) electrons. The number of furan rings is 4. The van der Waals surface area contributed by atoms with Gasteiger partial charge >= 0.3 is 0 Å². The summed E-state index contributed by atoms with van der Waals surface area (Å²) in [7, 11) is 0. The van der Waals surface area contributed by atoms with Crippen molar-refractivity contribution in [2.75, 3.05) is 0 Å². The number of hydrogen-bond donors (Lipinski definition) is 0. The summed E-state index contributed by atoms with van der Waals surface area (Å²) >= 11 is 3.69. The van der Waals surface area contributed by atoms with Crippen molar-refractivity contribution in [1.82, 2.24) is 9.13 Å². The normalized spacial score (nSPS) is 12.3. The van der Waals surface area contributed by atoms with E-state index in [4.69, 9.17) is 17.7 Å². The van der Waals surface area contributed by atoms with E-state index in [1.54, 1.807) is 0 Å². The quantitative estimate of drug-likeness (QED) is 0.176. The fourth-order valence-electron chi connectivity index (χ4n) is 15.3. The molecule has 22 rings (SSSR count). The molecule has 0 aliphatic carbocycles. The van der Waals surface area contributed by atoms with Crippen molar-refractivity contribution >= 4 is 194 Å². The first-order valence-corrected chi connectivity index (χ1v) is 32.7. The zero-order valence-electron chi connectivity index (χ0n) is 48.9. The van der Waals surface area contributed by atoms with Crippen LogP contribution in [-0.2, 0) is 0 Å². The number of rotatable bonds is 4. The van der Waals surface area contributed by atoms with Gasteiger partial charge in [-0.1, -0.05) is 170 Å². The molecule has 8 heterocycles. The molecule has 22 aromatic rings. The van der Waals surface area contributed by atoms with E-state index in [-0.39, 0.29) is 0 Å². The third-order valence-electron chi connectivity index (χ3n) is 19.2. The molecule has 0 aliphatic rings. The molecule has 0 amide bonds. The van der Waals surface area contributed by atoms with Gasteiger partial charge in [-0.25, -0.2) is 0 Å². The van der Waals surface area contributed by atoms with Gasteiger partial charge in [0.05, 0.1) is 22.1 Å². The zero-order valence-corrected chi connectivity index (χ0v) is 50.5. The summed E-state index contributed by atoms with van der Waals surface area (Å²) in [6.07, 6.45) is 0. The first-order chi connectivity index (χ1) is 45.6. The molecule has 0 saturated carbocycles. The van der Waals surface area contributed by atoms with Crippen molar-refractivity contribution < 1.29 is 17.7 Å². The highest BCUT2D eigenvalue weighted by molar-refractivity contribution is 7.26. The maximum absolute atomic E-state index is 6.70. The highest BCUT2D eigenvalue weighted by Gasteiger charge is 2.24. The Balaban J connectivity index is 0.000000124. The Morgan fingerprint density at radius 3 is 1.27 bits per heavy atom. The van der Waals surface area contributed by atoms with Crippen LogP contribution in [0.4, 0.5) is 0 Å². The summed E-state index contributed by atoms with van der Waals surface area (Å²) in [5, 5.41) is 19.1. The van der Waals surface area contributed by atoms with E-state index in [0.717, 1.165) is 121 Å². The van der Waals surface area contributed by atoms with Gasteiger partial charge in [-0.3, -0.25) is 0 Å². The van der Waals surface area contributed by atoms with Crippen molar-refractivity contribution in [3.63, 3.8) is 0 Å². The van der Waals surface area contributed by atoms with Gasteiger partial charge in [-0.05, 0) is 114 Å². The van der Waals surface area contributed by atoms with Gasteiger partial charge in [0.15, 0.2) is 0 Å². The number of nitrogens with zero attached hydrogens (tertiary/aromatic N) is 2. The van der Waals surface area contributed by atoms with Crippen molar-refractivity contribution in [2.45, 2.75) is 0 Å². The number of benzene rings is 14. The van der Waals surface area contributed by atoms with Crippen LogP contribution in [0.25, 0.3) is 205 Å². The lowest BCUT2D eigenvalue weighted by molar-refractivity contribution is 0.669. The maximum atomic E-state index is 6.70. The number of hydrogen-bond acceptors (Lipinski definition) is 6. The average molecular weight is 1210 g/mol. The van der Waals surface area contributed by atoms with E-state index in [9.17, 15) is 0 Å². The highest BCUT2D eigenvalue weighted by Crippen LogP contribution is 2.48. The van der Waals surface area contributed by atoms with E-state index in [1.165, 1.54) is 84.0 Å². The summed E-state index contributed by atoms with van der Waals surface area (Å²) in [6, 6.07) is 99.6. The van der Waals surface area contributed by atoms with E-state index < -0.39 is 0 Å². The van der Waals surface area contributed by atoms with Gasteiger partial charge in [0.25, 0.3) is 0 Å². The van der Waals surface area contributed by atoms with E-state index in [1.807, 2.05) is 46.9 Å². The molecule has 14 aromatic carbocycles. The van der Waals surface area contributed by atoms with Gasteiger partial charge < -0.3 is 26.8 Å². The van der Waals surface area contributed by atoms with E-state index in [0.29, 0.717) is 0 Å². The molecule has 8 aromatic heterocycles. The average Bonchev–Trinajstić information content (AvgIpc) is 1.59. The van der Waals surface area contributed by atoms with Crippen LogP contribution in [0.2, 0.25) is 0 Å². The third-order valence-corrected chi connectivity index (χ3v) is 21.5. The van der Waals surface area contributed by atoms with Crippen LogP contribution in [-0.4, -0.2) is 9.13 Å². The minimum Gasteiger partial charge on any atom is -0.456 e. The van der Waals surface area contributed by atoms with Crippen LogP contribution in [0.5, 0.6) is 0 Å². The van der Waals surface area contributed by atoms with Crippen molar-refractivity contribution in [3.8, 4) is 33.6 Å². The summed E-state index contributed by atoms with van der Waals surface area (Å²) in [4.78, 5) is 0. The Hall–Kier alpha value is -11.7. The smallest absolute Gasteiger partial charge is 0.143 e. The molecule has 0 unspecified atom stereocenters. The first-order valence-electron chi connectivity index (χ1n) is 31.0. The molecule has 0 spiro atoms. The van der Waals surface area contributed by atoms with Gasteiger partial charge in [0, 0.05) is 134 Å². The minimum atomic E-state index is 0.883. The monoisotopic (exact) mass is 1210 g/mol. The summed E-state index contributed by atoms with van der Waals surface area (Å²) < 4.78 is 36.0. The molecular formula is C84H46N2O4S2. The van der Waals surface area contributed by atoms with Crippen LogP contribution >= 0.6 is 22.7 Å². The molecule has 428 valence electrons. The Kier molecular flexibility index (Phi) is 10.3. The van der Waals surface area contributed by atoms with Gasteiger partial charge in [0.1, 0.15) is 44.7 Å². The van der Waals surface area contributed by atoms with Crippen LogP contribution < -0.4 is 0 Å². The van der Waals surface area contributed by atoms with Crippen LogP contribution in [0.15, 0.2) is 297 Å². The fraction of sp³-hybridized carbons (Fsp3) is 0. The van der Waals surface area contributed by atoms with Gasteiger partial charge in [-0.15, -0.1) is 22.7 Å². The second-order valence-electron chi connectivity index (χ2n) is 24.1. The number of thiophene rings is 2. The molecule has 92 heavy (non-hydrogen) atoms. The molecule has 0 fully saturated rings. The summed E-state index contributed by atoms with van der Waals surface area (Å²) in [6.45, 7) is 0.